The number of halogens is 1. The number of rotatable bonds is 9. The zero-order chi connectivity index (χ0) is 23.8. The summed E-state index contributed by atoms with van der Waals surface area (Å²) in [6.07, 6.45) is 3.64. The molecule has 0 fully saturated rings. The Morgan fingerprint density at radius 3 is 2.59 bits per heavy atom. The topological polar surface area (TPSA) is 110 Å². The highest BCUT2D eigenvalue weighted by atomic mass is 19.1. The number of aromatic amines is 1. The van der Waals surface area contributed by atoms with Gasteiger partial charge in [0.05, 0.1) is 0 Å². The van der Waals surface area contributed by atoms with Gasteiger partial charge in [-0.05, 0) is 53.6 Å². The minimum absolute atomic E-state index is 0.120. The molecule has 1 amide bonds. The number of carbonyl (C=O) groups is 1. The summed E-state index contributed by atoms with van der Waals surface area (Å²) in [6.45, 7) is 0.605. The van der Waals surface area contributed by atoms with E-state index in [9.17, 15) is 14.0 Å². The average molecular weight is 459 g/mol. The van der Waals surface area contributed by atoms with Crippen molar-refractivity contribution in [1.82, 2.24) is 25.5 Å². The molecule has 4 aromatic rings. The van der Waals surface area contributed by atoms with E-state index >= 15 is 0 Å². The predicted octanol–water partition coefficient (Wildman–Crippen LogP) is 3.19. The van der Waals surface area contributed by atoms with Gasteiger partial charge in [-0.3, -0.25) is 14.6 Å². The van der Waals surface area contributed by atoms with Crippen LogP contribution < -0.4 is 15.6 Å². The van der Waals surface area contributed by atoms with Crippen molar-refractivity contribution in [3.8, 4) is 17.1 Å². The third-order valence-electron chi connectivity index (χ3n) is 4.99. The molecule has 2 N–H and O–H groups in total. The Kier molecular flexibility index (Phi) is 7.34. The van der Waals surface area contributed by atoms with Crippen LogP contribution in [0.3, 0.4) is 0 Å². The lowest BCUT2D eigenvalue weighted by Crippen LogP contribution is -2.25. The molecule has 172 valence electrons. The van der Waals surface area contributed by atoms with Gasteiger partial charge < -0.3 is 15.0 Å². The molecule has 0 saturated carbocycles. The SMILES string of the molecule is O=C(CCc1nnc(-c2ccc(OCc3cccc(F)c3)cc2)[nH]c1=O)NCc1cccnc1. The Balaban J connectivity index is 1.30. The maximum atomic E-state index is 13.3. The first-order chi connectivity index (χ1) is 16.6. The number of aryl methyl sites for hydroxylation is 1. The van der Waals surface area contributed by atoms with Gasteiger partial charge in [0.15, 0.2) is 5.82 Å². The van der Waals surface area contributed by atoms with E-state index in [1.54, 1.807) is 54.9 Å². The molecule has 9 heteroatoms. The van der Waals surface area contributed by atoms with E-state index in [1.807, 2.05) is 6.07 Å². The number of benzene rings is 2. The van der Waals surface area contributed by atoms with E-state index in [1.165, 1.54) is 12.1 Å². The van der Waals surface area contributed by atoms with Gasteiger partial charge >= 0.3 is 0 Å². The first-order valence-electron chi connectivity index (χ1n) is 10.7. The first kappa shape index (κ1) is 22.8. The van der Waals surface area contributed by atoms with Crippen molar-refractivity contribution in [1.29, 1.82) is 0 Å². The van der Waals surface area contributed by atoms with Crippen LogP contribution in [0.5, 0.6) is 5.75 Å². The number of nitrogens with one attached hydrogen (secondary N) is 2. The maximum Gasteiger partial charge on any atom is 0.273 e. The molecule has 2 aromatic heterocycles. The highest BCUT2D eigenvalue weighted by molar-refractivity contribution is 5.76. The Labute approximate surface area is 194 Å². The Morgan fingerprint density at radius 2 is 1.85 bits per heavy atom. The molecule has 2 heterocycles. The quantitative estimate of drug-likeness (QED) is 0.398. The second kappa shape index (κ2) is 11.0. The minimum atomic E-state index is -0.392. The van der Waals surface area contributed by atoms with E-state index in [4.69, 9.17) is 4.74 Å². The fourth-order valence-corrected chi connectivity index (χ4v) is 3.18. The van der Waals surface area contributed by atoms with Crippen LogP contribution >= 0.6 is 0 Å². The van der Waals surface area contributed by atoms with Crippen LogP contribution in [0, 0.1) is 5.82 Å². The summed E-state index contributed by atoms with van der Waals surface area (Å²) >= 11 is 0. The smallest absolute Gasteiger partial charge is 0.273 e. The lowest BCUT2D eigenvalue weighted by atomic mass is 10.2. The number of H-pyrrole nitrogens is 1. The van der Waals surface area contributed by atoms with Crippen LogP contribution in [0.1, 0.15) is 23.2 Å². The summed E-state index contributed by atoms with van der Waals surface area (Å²) in [5.41, 5.74) is 2.07. The van der Waals surface area contributed by atoms with Crippen LogP contribution in [0.2, 0.25) is 0 Å². The lowest BCUT2D eigenvalue weighted by Gasteiger charge is -2.08. The molecule has 0 aliphatic heterocycles. The van der Waals surface area contributed by atoms with Gasteiger partial charge in [-0.15, -0.1) is 10.2 Å². The summed E-state index contributed by atoms with van der Waals surface area (Å²) in [7, 11) is 0. The molecule has 0 radical (unpaired) electrons. The number of hydrogen-bond donors (Lipinski definition) is 2. The van der Waals surface area contributed by atoms with Gasteiger partial charge in [0.2, 0.25) is 5.91 Å². The van der Waals surface area contributed by atoms with Crippen molar-refractivity contribution in [2.45, 2.75) is 26.0 Å². The molecule has 0 aliphatic rings. The maximum absolute atomic E-state index is 13.3. The van der Waals surface area contributed by atoms with Gasteiger partial charge in [-0.2, -0.15) is 0 Å². The number of nitrogens with zero attached hydrogens (tertiary/aromatic N) is 3. The van der Waals surface area contributed by atoms with E-state index in [0.29, 0.717) is 23.7 Å². The fraction of sp³-hybridized carbons (Fsp3) is 0.160. The third-order valence-corrected chi connectivity index (χ3v) is 4.99. The Bertz CT molecular complexity index is 1310. The molecule has 0 aliphatic carbocycles. The van der Waals surface area contributed by atoms with E-state index in [2.05, 4.69) is 25.5 Å². The highest BCUT2D eigenvalue weighted by Crippen LogP contribution is 2.19. The summed E-state index contributed by atoms with van der Waals surface area (Å²) in [5, 5.41) is 10.9. The molecule has 0 bridgehead atoms. The number of hydrogen-bond acceptors (Lipinski definition) is 6. The molecular formula is C25H22FN5O3. The second-order valence-corrected chi connectivity index (χ2v) is 7.53. The zero-order valence-corrected chi connectivity index (χ0v) is 18.2. The number of ether oxygens (including phenoxy) is 1. The largest absolute Gasteiger partial charge is 0.489 e. The molecule has 0 spiro atoms. The van der Waals surface area contributed by atoms with Crippen molar-refractivity contribution < 1.29 is 13.9 Å². The summed E-state index contributed by atoms with van der Waals surface area (Å²) in [5.74, 6) is 0.402. The van der Waals surface area contributed by atoms with Crippen molar-refractivity contribution in [3.05, 3.63) is 106 Å². The average Bonchev–Trinajstić information content (AvgIpc) is 2.86. The standard InChI is InChI=1S/C25H22FN5O3/c26-20-5-1-3-17(13-20)16-34-21-8-6-19(7-9-21)24-29-25(33)22(30-31-24)10-11-23(32)28-15-18-4-2-12-27-14-18/h1-9,12-14H,10-11,15-16H2,(H,28,32)(H,29,31,33). The van der Waals surface area contributed by atoms with Crippen molar-refractivity contribution >= 4 is 5.91 Å². The van der Waals surface area contributed by atoms with Crippen LogP contribution in [0.25, 0.3) is 11.4 Å². The Morgan fingerprint density at radius 1 is 1.03 bits per heavy atom. The van der Waals surface area contributed by atoms with Crippen molar-refractivity contribution in [2.75, 3.05) is 0 Å². The molecule has 0 atom stereocenters. The van der Waals surface area contributed by atoms with E-state index in [0.717, 1.165) is 11.1 Å². The van der Waals surface area contributed by atoms with Crippen molar-refractivity contribution in [3.63, 3.8) is 0 Å². The van der Waals surface area contributed by atoms with Crippen LogP contribution in [-0.4, -0.2) is 26.1 Å². The number of aromatic nitrogens is 4. The van der Waals surface area contributed by atoms with E-state index in [-0.39, 0.29) is 36.9 Å². The summed E-state index contributed by atoms with van der Waals surface area (Å²) in [6, 6.07) is 16.8. The van der Waals surface area contributed by atoms with Crippen LogP contribution in [0.15, 0.2) is 77.9 Å². The van der Waals surface area contributed by atoms with Gasteiger partial charge in [-0.25, -0.2) is 4.39 Å². The number of amides is 1. The van der Waals surface area contributed by atoms with Crippen molar-refractivity contribution in [2.24, 2.45) is 0 Å². The molecule has 2 aromatic carbocycles. The van der Waals surface area contributed by atoms with Gasteiger partial charge in [0.1, 0.15) is 23.9 Å². The third kappa shape index (κ3) is 6.32. The predicted molar refractivity (Wildman–Crippen MR) is 123 cm³/mol. The first-order valence-corrected chi connectivity index (χ1v) is 10.7. The summed E-state index contributed by atoms with van der Waals surface area (Å²) < 4.78 is 18.9. The fourth-order valence-electron chi connectivity index (χ4n) is 3.18. The normalized spacial score (nSPS) is 10.6. The number of carbonyl (C=O) groups excluding carboxylic acids is 1. The van der Waals surface area contributed by atoms with Gasteiger partial charge in [-0.1, -0.05) is 18.2 Å². The second-order valence-electron chi connectivity index (χ2n) is 7.53. The molecule has 0 unspecified atom stereocenters. The monoisotopic (exact) mass is 459 g/mol. The molecule has 8 nitrogen and oxygen atoms in total. The zero-order valence-electron chi connectivity index (χ0n) is 18.2. The van der Waals surface area contributed by atoms with Gasteiger partial charge in [0, 0.05) is 37.3 Å². The van der Waals surface area contributed by atoms with Crippen LogP contribution in [-0.2, 0) is 24.4 Å². The summed E-state index contributed by atoms with van der Waals surface area (Å²) in [4.78, 5) is 31.2. The molecule has 0 saturated heterocycles. The molecule has 34 heavy (non-hydrogen) atoms. The Hall–Kier alpha value is -4.40. The minimum Gasteiger partial charge on any atom is -0.489 e. The van der Waals surface area contributed by atoms with Crippen LogP contribution in [0.4, 0.5) is 4.39 Å². The van der Waals surface area contributed by atoms with E-state index < -0.39 is 5.56 Å². The van der Waals surface area contributed by atoms with Gasteiger partial charge in [0.25, 0.3) is 5.56 Å². The molecular weight excluding hydrogens is 437 g/mol. The lowest BCUT2D eigenvalue weighted by molar-refractivity contribution is -0.121. The molecule has 4 rings (SSSR count). The number of pyridine rings is 1. The highest BCUT2D eigenvalue weighted by Gasteiger charge is 2.10.